The molecule has 1 heterocycles. The third-order valence-corrected chi connectivity index (χ3v) is 2.39. The Hall–Kier alpha value is -0.500. The maximum Gasteiger partial charge on any atom is 0.417 e. The van der Waals surface area contributed by atoms with E-state index in [0.717, 1.165) is 0 Å². The zero-order valence-corrected chi connectivity index (χ0v) is 7.41. The first-order valence-corrected chi connectivity index (χ1v) is 4.15. The van der Waals surface area contributed by atoms with Crippen molar-refractivity contribution in [3.8, 4) is 0 Å². The monoisotopic (exact) mass is 237 g/mol. The number of aliphatic hydroxyl groups is 1. The maximum atomic E-state index is 12.2. The van der Waals surface area contributed by atoms with Crippen molar-refractivity contribution in [2.75, 3.05) is 6.54 Å². The molecule has 1 saturated heterocycles. The molecule has 0 aromatic carbocycles. The highest BCUT2D eigenvalue weighted by molar-refractivity contribution is 4.97. The SMILES string of the molecule is OC1(C(F)(F)F)CCNC(C(F)(F)F)C1. The van der Waals surface area contributed by atoms with Gasteiger partial charge >= 0.3 is 12.4 Å². The highest BCUT2D eigenvalue weighted by Crippen LogP contribution is 2.41. The Balaban J connectivity index is 2.80. The molecule has 1 rings (SSSR count). The maximum absolute atomic E-state index is 12.2. The standard InChI is InChI=1S/C7H9F6NO/c8-6(9,10)4-3-5(15,1-2-14-4)7(11,12)13/h4,14-15H,1-3H2. The van der Waals surface area contributed by atoms with Gasteiger partial charge in [-0.05, 0) is 13.0 Å². The molecule has 1 aliphatic heterocycles. The fourth-order valence-electron chi connectivity index (χ4n) is 1.45. The summed E-state index contributed by atoms with van der Waals surface area (Å²) in [6.45, 7) is -0.514. The lowest BCUT2D eigenvalue weighted by Crippen LogP contribution is -2.59. The second kappa shape index (κ2) is 3.51. The van der Waals surface area contributed by atoms with Gasteiger partial charge in [0.2, 0.25) is 0 Å². The largest absolute Gasteiger partial charge is 0.417 e. The fourth-order valence-corrected chi connectivity index (χ4v) is 1.45. The Morgan fingerprint density at radius 1 is 1.13 bits per heavy atom. The molecule has 0 bridgehead atoms. The molecular weight excluding hydrogens is 228 g/mol. The molecule has 1 aliphatic rings. The molecule has 0 aliphatic carbocycles. The van der Waals surface area contributed by atoms with Crippen LogP contribution in [0.2, 0.25) is 0 Å². The van der Waals surface area contributed by atoms with Gasteiger partial charge in [0.15, 0.2) is 5.60 Å². The molecule has 2 nitrogen and oxygen atoms in total. The molecule has 2 N–H and O–H groups in total. The predicted molar refractivity (Wildman–Crippen MR) is 38.1 cm³/mol. The average molecular weight is 237 g/mol. The molecule has 0 radical (unpaired) electrons. The van der Waals surface area contributed by atoms with E-state index >= 15 is 0 Å². The number of hydrogen-bond donors (Lipinski definition) is 2. The summed E-state index contributed by atoms with van der Waals surface area (Å²) < 4.78 is 73.1. The average Bonchev–Trinajstić information content (AvgIpc) is 2.00. The zero-order valence-electron chi connectivity index (χ0n) is 7.41. The summed E-state index contributed by atoms with van der Waals surface area (Å²) in [6.07, 6.45) is -12.0. The van der Waals surface area contributed by atoms with E-state index in [2.05, 4.69) is 0 Å². The van der Waals surface area contributed by atoms with E-state index in [1.54, 1.807) is 0 Å². The van der Waals surface area contributed by atoms with E-state index in [4.69, 9.17) is 5.11 Å². The highest BCUT2D eigenvalue weighted by Gasteiger charge is 2.59. The van der Waals surface area contributed by atoms with Crippen LogP contribution in [0.5, 0.6) is 0 Å². The lowest BCUT2D eigenvalue weighted by Gasteiger charge is -2.39. The quantitative estimate of drug-likeness (QED) is 0.627. The van der Waals surface area contributed by atoms with Crippen LogP contribution in [0.15, 0.2) is 0 Å². The van der Waals surface area contributed by atoms with Gasteiger partial charge in [-0.1, -0.05) is 0 Å². The predicted octanol–water partition coefficient (Wildman–Crippen LogP) is 1.59. The van der Waals surface area contributed by atoms with Gasteiger partial charge in [-0.3, -0.25) is 0 Å². The second-order valence-electron chi connectivity index (χ2n) is 3.53. The highest BCUT2D eigenvalue weighted by atomic mass is 19.4. The van der Waals surface area contributed by atoms with E-state index in [1.807, 2.05) is 5.32 Å². The smallest absolute Gasteiger partial charge is 0.380 e. The van der Waals surface area contributed by atoms with Gasteiger partial charge in [-0.15, -0.1) is 0 Å². The van der Waals surface area contributed by atoms with Gasteiger partial charge in [0, 0.05) is 6.42 Å². The van der Waals surface area contributed by atoms with Crippen LogP contribution in [0.1, 0.15) is 12.8 Å². The molecule has 2 unspecified atom stereocenters. The van der Waals surface area contributed by atoms with E-state index < -0.39 is 43.4 Å². The Bertz CT molecular complexity index is 237. The molecule has 8 heteroatoms. The third kappa shape index (κ3) is 2.54. The summed E-state index contributed by atoms with van der Waals surface area (Å²) >= 11 is 0. The number of alkyl halides is 6. The minimum Gasteiger partial charge on any atom is -0.380 e. The molecule has 0 saturated carbocycles. The molecule has 1 fully saturated rings. The number of halogens is 6. The van der Waals surface area contributed by atoms with Crippen molar-refractivity contribution in [3.63, 3.8) is 0 Å². The lowest BCUT2D eigenvalue weighted by atomic mass is 9.87. The zero-order chi connectivity index (χ0) is 11.9. The number of nitrogens with one attached hydrogen (secondary N) is 1. The number of rotatable bonds is 0. The summed E-state index contributed by atoms with van der Waals surface area (Å²) in [4.78, 5) is 0. The van der Waals surface area contributed by atoms with Crippen LogP contribution in [0.3, 0.4) is 0 Å². The van der Waals surface area contributed by atoms with Gasteiger partial charge in [-0.2, -0.15) is 26.3 Å². The summed E-state index contributed by atoms with van der Waals surface area (Å²) in [5, 5.41) is 11.0. The Kier molecular flexibility index (Phi) is 2.94. The molecule has 15 heavy (non-hydrogen) atoms. The normalized spacial score (nSPS) is 34.2. The van der Waals surface area contributed by atoms with E-state index in [1.165, 1.54) is 0 Å². The van der Waals surface area contributed by atoms with Crippen molar-refractivity contribution >= 4 is 0 Å². The van der Waals surface area contributed by atoms with Gasteiger partial charge < -0.3 is 10.4 Å². The van der Waals surface area contributed by atoms with E-state index in [0.29, 0.717) is 0 Å². The molecule has 0 amide bonds. The van der Waals surface area contributed by atoms with E-state index in [-0.39, 0.29) is 0 Å². The van der Waals surface area contributed by atoms with Crippen molar-refractivity contribution in [2.45, 2.75) is 36.8 Å². The van der Waals surface area contributed by atoms with Crippen molar-refractivity contribution in [3.05, 3.63) is 0 Å². The molecule has 0 spiro atoms. The first-order valence-electron chi connectivity index (χ1n) is 4.15. The Morgan fingerprint density at radius 2 is 1.67 bits per heavy atom. The van der Waals surface area contributed by atoms with Crippen LogP contribution < -0.4 is 5.32 Å². The third-order valence-electron chi connectivity index (χ3n) is 2.39. The number of piperidine rings is 1. The molecule has 2 atom stereocenters. The summed E-state index contributed by atoms with van der Waals surface area (Å²) in [6, 6.07) is -2.31. The minimum atomic E-state index is -5.03. The van der Waals surface area contributed by atoms with E-state index in [9.17, 15) is 26.3 Å². The second-order valence-corrected chi connectivity index (χ2v) is 3.53. The Morgan fingerprint density at radius 3 is 2.07 bits per heavy atom. The van der Waals surface area contributed by atoms with Crippen LogP contribution in [0, 0.1) is 0 Å². The van der Waals surface area contributed by atoms with Crippen molar-refractivity contribution < 1.29 is 31.4 Å². The van der Waals surface area contributed by atoms with Crippen molar-refractivity contribution in [2.24, 2.45) is 0 Å². The number of hydrogen-bond acceptors (Lipinski definition) is 2. The minimum absolute atomic E-state index is 0.514. The lowest BCUT2D eigenvalue weighted by molar-refractivity contribution is -0.283. The van der Waals surface area contributed by atoms with Crippen LogP contribution in [-0.2, 0) is 0 Å². The first-order chi connectivity index (χ1) is 6.56. The van der Waals surface area contributed by atoms with Gasteiger partial charge in [0.05, 0.1) is 0 Å². The van der Waals surface area contributed by atoms with Gasteiger partial charge in [-0.25, -0.2) is 0 Å². The van der Waals surface area contributed by atoms with Crippen LogP contribution >= 0.6 is 0 Å². The van der Waals surface area contributed by atoms with Crippen molar-refractivity contribution in [1.29, 1.82) is 0 Å². The Labute approximate surface area is 81.3 Å². The van der Waals surface area contributed by atoms with Crippen molar-refractivity contribution in [1.82, 2.24) is 5.32 Å². The summed E-state index contributed by atoms with van der Waals surface area (Å²) in [7, 11) is 0. The summed E-state index contributed by atoms with van der Waals surface area (Å²) in [5.74, 6) is 0. The summed E-state index contributed by atoms with van der Waals surface area (Å²) in [5.41, 5.74) is -3.24. The molecule has 90 valence electrons. The fraction of sp³-hybridized carbons (Fsp3) is 1.00. The first kappa shape index (κ1) is 12.6. The topological polar surface area (TPSA) is 32.3 Å². The van der Waals surface area contributed by atoms with Crippen LogP contribution in [0.25, 0.3) is 0 Å². The molecular formula is C7H9F6NO. The van der Waals surface area contributed by atoms with Crippen LogP contribution in [0.4, 0.5) is 26.3 Å². The van der Waals surface area contributed by atoms with Gasteiger partial charge in [0.25, 0.3) is 0 Å². The molecule has 0 aromatic rings. The van der Waals surface area contributed by atoms with Gasteiger partial charge in [0.1, 0.15) is 6.04 Å². The van der Waals surface area contributed by atoms with Crippen LogP contribution in [-0.4, -0.2) is 35.6 Å². The molecule has 0 aromatic heterocycles.